The first kappa shape index (κ1) is 17.5. The second-order valence-electron chi connectivity index (χ2n) is 6.91. The Balaban J connectivity index is 1.55. The highest BCUT2D eigenvalue weighted by Gasteiger charge is 2.51. The maximum Gasteiger partial charge on any atom is 0.325 e. The minimum Gasteiger partial charge on any atom is -0.350 e. The number of imide groups is 1. The lowest BCUT2D eigenvalue weighted by Crippen LogP contribution is -2.49. The summed E-state index contributed by atoms with van der Waals surface area (Å²) in [5, 5.41) is 5.60. The summed E-state index contributed by atoms with van der Waals surface area (Å²) >= 11 is 0. The summed E-state index contributed by atoms with van der Waals surface area (Å²) in [5.41, 5.74) is 1.46. The van der Waals surface area contributed by atoms with E-state index >= 15 is 0 Å². The van der Waals surface area contributed by atoms with Gasteiger partial charge in [-0.3, -0.25) is 14.5 Å². The summed E-state index contributed by atoms with van der Waals surface area (Å²) < 4.78 is 0. The molecule has 0 aromatic heterocycles. The molecule has 1 saturated heterocycles. The van der Waals surface area contributed by atoms with Crippen LogP contribution < -0.4 is 10.6 Å². The Morgan fingerprint density at radius 3 is 2.40 bits per heavy atom. The van der Waals surface area contributed by atoms with Gasteiger partial charge in [0.1, 0.15) is 12.1 Å². The monoisotopic (exact) mass is 343 g/mol. The number of aryl methyl sites for hydroxylation is 1. The topological polar surface area (TPSA) is 78.5 Å². The molecule has 0 bridgehead atoms. The van der Waals surface area contributed by atoms with Crippen molar-refractivity contribution in [2.75, 3.05) is 6.54 Å². The van der Waals surface area contributed by atoms with Gasteiger partial charge in [-0.05, 0) is 30.4 Å². The van der Waals surface area contributed by atoms with Crippen LogP contribution in [0.1, 0.15) is 50.2 Å². The van der Waals surface area contributed by atoms with Gasteiger partial charge in [0.25, 0.3) is 5.91 Å². The molecule has 1 aromatic carbocycles. The van der Waals surface area contributed by atoms with Gasteiger partial charge >= 0.3 is 6.03 Å². The van der Waals surface area contributed by atoms with Crippen molar-refractivity contribution in [3.8, 4) is 0 Å². The molecule has 3 rings (SSSR count). The van der Waals surface area contributed by atoms with Crippen LogP contribution in [0, 0.1) is 0 Å². The van der Waals surface area contributed by atoms with Gasteiger partial charge in [0.05, 0.1) is 0 Å². The number of amides is 4. The number of nitrogens with one attached hydrogen (secondary N) is 2. The third-order valence-corrected chi connectivity index (χ3v) is 5.18. The van der Waals surface area contributed by atoms with E-state index in [2.05, 4.69) is 17.6 Å². The predicted octanol–water partition coefficient (Wildman–Crippen LogP) is 2.12. The van der Waals surface area contributed by atoms with Crippen molar-refractivity contribution in [3.63, 3.8) is 0 Å². The molecular weight excluding hydrogens is 318 g/mol. The van der Waals surface area contributed by atoms with E-state index in [1.54, 1.807) is 0 Å². The number of nitrogens with zero attached hydrogens (tertiary/aromatic N) is 1. The summed E-state index contributed by atoms with van der Waals surface area (Å²) in [6, 6.07) is 7.57. The van der Waals surface area contributed by atoms with E-state index in [-0.39, 0.29) is 18.4 Å². The first-order valence-electron chi connectivity index (χ1n) is 9.03. The highest BCUT2D eigenvalue weighted by Crippen LogP contribution is 2.33. The Morgan fingerprint density at radius 2 is 1.76 bits per heavy atom. The smallest absolute Gasteiger partial charge is 0.325 e. The molecule has 1 spiro atoms. The molecule has 1 aliphatic carbocycles. The van der Waals surface area contributed by atoms with Crippen LogP contribution >= 0.6 is 0 Å². The fourth-order valence-electron chi connectivity index (χ4n) is 3.61. The van der Waals surface area contributed by atoms with Crippen LogP contribution in [0.2, 0.25) is 0 Å². The van der Waals surface area contributed by atoms with Crippen LogP contribution in [0.25, 0.3) is 0 Å². The average molecular weight is 343 g/mol. The van der Waals surface area contributed by atoms with Crippen molar-refractivity contribution in [1.29, 1.82) is 0 Å². The first-order chi connectivity index (χ1) is 12.0. The fourth-order valence-corrected chi connectivity index (χ4v) is 3.61. The summed E-state index contributed by atoms with van der Waals surface area (Å²) in [4.78, 5) is 38.0. The third-order valence-electron chi connectivity index (χ3n) is 5.18. The lowest BCUT2D eigenvalue weighted by Gasteiger charge is -2.30. The molecule has 1 aliphatic heterocycles. The van der Waals surface area contributed by atoms with Gasteiger partial charge < -0.3 is 10.6 Å². The lowest BCUT2D eigenvalue weighted by atomic mass is 9.82. The molecule has 1 saturated carbocycles. The Hall–Kier alpha value is -2.37. The van der Waals surface area contributed by atoms with Crippen molar-refractivity contribution < 1.29 is 14.4 Å². The van der Waals surface area contributed by atoms with E-state index < -0.39 is 11.6 Å². The largest absolute Gasteiger partial charge is 0.350 e. The number of carbonyl (C=O) groups is 3. The predicted molar refractivity (Wildman–Crippen MR) is 93.7 cm³/mol. The van der Waals surface area contributed by atoms with E-state index in [0.717, 1.165) is 36.1 Å². The Labute approximate surface area is 148 Å². The molecule has 0 radical (unpaired) electrons. The van der Waals surface area contributed by atoms with Crippen molar-refractivity contribution in [3.05, 3.63) is 35.4 Å². The number of benzene rings is 1. The highest BCUT2D eigenvalue weighted by atomic mass is 16.2. The minimum absolute atomic E-state index is 0.223. The van der Waals surface area contributed by atoms with Gasteiger partial charge in [0.2, 0.25) is 5.91 Å². The number of urea groups is 1. The number of hydrogen-bond acceptors (Lipinski definition) is 3. The third kappa shape index (κ3) is 3.67. The standard InChI is InChI=1S/C19H25N3O3/c1-2-14-6-8-15(9-7-14)12-20-16(23)13-22-17(24)19(21-18(22)25)10-4-3-5-11-19/h6-9H,2-5,10-13H2,1H3,(H,20,23)(H,21,25). The van der Waals surface area contributed by atoms with Crippen LogP contribution in [0.3, 0.4) is 0 Å². The molecule has 1 heterocycles. The van der Waals surface area contributed by atoms with E-state index in [0.29, 0.717) is 19.4 Å². The molecule has 2 N–H and O–H groups in total. The minimum atomic E-state index is -0.772. The molecule has 25 heavy (non-hydrogen) atoms. The Kier molecular flexibility index (Phi) is 5.06. The van der Waals surface area contributed by atoms with Gasteiger partial charge in [-0.25, -0.2) is 4.79 Å². The molecule has 4 amide bonds. The molecule has 2 aliphatic rings. The van der Waals surface area contributed by atoms with Crippen LogP contribution in [0.4, 0.5) is 4.79 Å². The molecule has 2 fully saturated rings. The van der Waals surface area contributed by atoms with Crippen molar-refractivity contribution in [1.82, 2.24) is 15.5 Å². The quantitative estimate of drug-likeness (QED) is 0.804. The summed E-state index contributed by atoms with van der Waals surface area (Å²) in [6.45, 7) is 2.26. The number of hydrogen-bond donors (Lipinski definition) is 2. The van der Waals surface area contributed by atoms with Crippen LogP contribution in [0.15, 0.2) is 24.3 Å². The van der Waals surface area contributed by atoms with Crippen LogP contribution in [-0.2, 0) is 22.6 Å². The number of rotatable bonds is 5. The second kappa shape index (κ2) is 7.25. The summed E-state index contributed by atoms with van der Waals surface area (Å²) in [7, 11) is 0. The average Bonchev–Trinajstić information content (AvgIpc) is 2.85. The maximum atomic E-state index is 12.6. The zero-order valence-electron chi connectivity index (χ0n) is 14.6. The number of carbonyl (C=O) groups excluding carboxylic acids is 3. The molecule has 1 aromatic rings. The molecule has 6 heteroatoms. The van der Waals surface area contributed by atoms with E-state index in [9.17, 15) is 14.4 Å². The second-order valence-corrected chi connectivity index (χ2v) is 6.91. The Bertz CT molecular complexity index is 663. The van der Waals surface area contributed by atoms with Gasteiger partial charge in [-0.15, -0.1) is 0 Å². The lowest BCUT2D eigenvalue weighted by molar-refractivity contribution is -0.135. The molecular formula is C19H25N3O3. The van der Waals surface area contributed by atoms with Gasteiger partial charge in [-0.2, -0.15) is 0 Å². The summed E-state index contributed by atoms with van der Waals surface area (Å²) in [5.74, 6) is -0.574. The van der Waals surface area contributed by atoms with E-state index in [1.165, 1.54) is 5.56 Å². The Morgan fingerprint density at radius 1 is 1.12 bits per heavy atom. The highest BCUT2D eigenvalue weighted by molar-refractivity contribution is 6.09. The normalized spacial score (nSPS) is 19.2. The van der Waals surface area contributed by atoms with Gasteiger partial charge in [-0.1, -0.05) is 50.5 Å². The molecule has 134 valence electrons. The zero-order valence-corrected chi connectivity index (χ0v) is 14.6. The maximum absolute atomic E-state index is 12.6. The zero-order chi connectivity index (χ0) is 17.9. The van der Waals surface area contributed by atoms with Gasteiger partial charge in [0, 0.05) is 6.54 Å². The van der Waals surface area contributed by atoms with Crippen molar-refractivity contribution in [2.24, 2.45) is 0 Å². The molecule has 6 nitrogen and oxygen atoms in total. The first-order valence-corrected chi connectivity index (χ1v) is 9.03. The van der Waals surface area contributed by atoms with Crippen LogP contribution in [0.5, 0.6) is 0 Å². The van der Waals surface area contributed by atoms with E-state index in [1.807, 2.05) is 24.3 Å². The van der Waals surface area contributed by atoms with Gasteiger partial charge in [0.15, 0.2) is 0 Å². The SMILES string of the molecule is CCc1ccc(CNC(=O)CN2C(=O)NC3(CCCCC3)C2=O)cc1. The molecule has 0 unspecified atom stereocenters. The van der Waals surface area contributed by atoms with Crippen molar-refractivity contribution in [2.45, 2.75) is 57.5 Å². The molecule has 0 atom stereocenters. The van der Waals surface area contributed by atoms with E-state index in [4.69, 9.17) is 0 Å². The summed E-state index contributed by atoms with van der Waals surface area (Å²) in [6.07, 6.45) is 5.25. The fraction of sp³-hybridized carbons (Fsp3) is 0.526. The van der Waals surface area contributed by atoms with Crippen molar-refractivity contribution >= 4 is 17.8 Å². The van der Waals surface area contributed by atoms with Crippen LogP contribution in [-0.4, -0.2) is 34.8 Å².